The van der Waals surface area contributed by atoms with Crippen LogP contribution in [0.2, 0.25) is 0 Å². The van der Waals surface area contributed by atoms with Gasteiger partial charge in [-0.15, -0.1) is 0 Å². The van der Waals surface area contributed by atoms with E-state index in [-0.39, 0.29) is 18.2 Å². The van der Waals surface area contributed by atoms with Crippen molar-refractivity contribution in [2.75, 3.05) is 39.6 Å². The molecule has 0 fully saturated rings. The minimum absolute atomic E-state index is 0.0444. The van der Waals surface area contributed by atoms with Gasteiger partial charge in [-0.05, 0) is 40.0 Å². The van der Waals surface area contributed by atoms with Gasteiger partial charge in [-0.2, -0.15) is 0 Å². The second kappa shape index (κ2) is 11.9. The van der Waals surface area contributed by atoms with Gasteiger partial charge in [0.15, 0.2) is 0 Å². The molecule has 0 bridgehead atoms. The number of hydrogen-bond acceptors (Lipinski definition) is 5. The van der Waals surface area contributed by atoms with Crippen LogP contribution in [0.3, 0.4) is 0 Å². The van der Waals surface area contributed by atoms with Gasteiger partial charge in [0.25, 0.3) is 0 Å². The van der Waals surface area contributed by atoms with Crippen molar-refractivity contribution in [1.82, 2.24) is 5.32 Å². The summed E-state index contributed by atoms with van der Waals surface area (Å²) in [4.78, 5) is 11.3. The van der Waals surface area contributed by atoms with Gasteiger partial charge in [0.2, 0.25) is 0 Å². The molecule has 6 nitrogen and oxygen atoms in total. The van der Waals surface area contributed by atoms with Crippen molar-refractivity contribution in [2.45, 2.75) is 45.6 Å². The quantitative estimate of drug-likeness (QED) is 0.567. The normalized spacial score (nSPS) is 11.4. The lowest BCUT2D eigenvalue weighted by Crippen LogP contribution is -2.41. The average molecular weight is 291 g/mol. The summed E-state index contributed by atoms with van der Waals surface area (Å²) in [6, 6.07) is 0. The first-order valence-electron chi connectivity index (χ1n) is 7.17. The van der Waals surface area contributed by atoms with Gasteiger partial charge in [-0.25, -0.2) is 4.79 Å². The predicted octanol–water partition coefficient (Wildman–Crippen LogP) is 1.71. The van der Waals surface area contributed by atoms with Crippen LogP contribution in [0.4, 0.5) is 4.79 Å². The third-order valence-corrected chi connectivity index (χ3v) is 2.25. The van der Waals surface area contributed by atoms with Crippen molar-refractivity contribution >= 4 is 6.09 Å². The summed E-state index contributed by atoms with van der Waals surface area (Å²) >= 11 is 0. The maximum absolute atomic E-state index is 11.3. The Bertz CT molecular complexity index is 240. The lowest BCUT2D eigenvalue weighted by atomic mass is 10.1. The van der Waals surface area contributed by atoms with Gasteiger partial charge in [0.05, 0.1) is 33.0 Å². The number of carbonyl (C=O) groups is 1. The Hall–Kier alpha value is -0.850. The molecule has 0 spiro atoms. The van der Waals surface area contributed by atoms with Gasteiger partial charge in [0.1, 0.15) is 0 Å². The molecule has 0 saturated heterocycles. The molecule has 0 aliphatic carbocycles. The van der Waals surface area contributed by atoms with Gasteiger partial charge in [0, 0.05) is 12.1 Å². The highest BCUT2D eigenvalue weighted by Gasteiger charge is 2.13. The SMILES string of the molecule is CC(C)(C)NC(=O)OCCCCCOCCOCCO. The smallest absolute Gasteiger partial charge is 0.407 e. The highest BCUT2D eigenvalue weighted by atomic mass is 16.5. The Labute approximate surface area is 121 Å². The molecule has 0 unspecified atom stereocenters. The van der Waals surface area contributed by atoms with Crippen molar-refractivity contribution < 1.29 is 24.1 Å². The van der Waals surface area contributed by atoms with Crippen molar-refractivity contribution in [2.24, 2.45) is 0 Å². The van der Waals surface area contributed by atoms with E-state index in [0.29, 0.717) is 33.0 Å². The van der Waals surface area contributed by atoms with Crippen LogP contribution in [0.15, 0.2) is 0 Å². The highest BCUT2D eigenvalue weighted by Crippen LogP contribution is 2.01. The van der Waals surface area contributed by atoms with E-state index in [4.69, 9.17) is 19.3 Å². The van der Waals surface area contributed by atoms with Crippen molar-refractivity contribution in [3.8, 4) is 0 Å². The van der Waals surface area contributed by atoms with Crippen LogP contribution in [0.1, 0.15) is 40.0 Å². The van der Waals surface area contributed by atoms with Crippen LogP contribution in [0, 0.1) is 0 Å². The number of hydrogen-bond donors (Lipinski definition) is 2. The Morgan fingerprint density at radius 2 is 1.55 bits per heavy atom. The average Bonchev–Trinajstić information content (AvgIpc) is 2.34. The molecule has 1 amide bonds. The predicted molar refractivity (Wildman–Crippen MR) is 76.8 cm³/mol. The third-order valence-electron chi connectivity index (χ3n) is 2.25. The minimum atomic E-state index is -0.366. The second-order valence-corrected chi connectivity index (χ2v) is 5.52. The molecule has 0 aliphatic rings. The van der Waals surface area contributed by atoms with Crippen LogP contribution in [-0.2, 0) is 14.2 Å². The molecule has 20 heavy (non-hydrogen) atoms. The monoisotopic (exact) mass is 291 g/mol. The molecular formula is C14H29NO5. The standard InChI is InChI=1S/C14H29NO5/c1-14(2,3)15-13(17)20-9-6-4-5-8-18-11-12-19-10-7-16/h16H,4-12H2,1-3H3,(H,15,17). The fourth-order valence-electron chi connectivity index (χ4n) is 1.38. The highest BCUT2D eigenvalue weighted by molar-refractivity contribution is 5.67. The molecule has 2 N–H and O–H groups in total. The molecule has 0 atom stereocenters. The molecule has 0 radical (unpaired) electrons. The third kappa shape index (κ3) is 15.2. The van der Waals surface area contributed by atoms with E-state index in [1.807, 2.05) is 20.8 Å². The van der Waals surface area contributed by atoms with Crippen LogP contribution in [0.5, 0.6) is 0 Å². The number of alkyl carbamates (subject to hydrolysis) is 1. The summed E-state index contributed by atoms with van der Waals surface area (Å²) in [5, 5.41) is 11.2. The molecule has 6 heteroatoms. The van der Waals surface area contributed by atoms with Gasteiger partial charge < -0.3 is 24.6 Å². The summed E-state index contributed by atoms with van der Waals surface area (Å²) in [5.74, 6) is 0. The first-order chi connectivity index (χ1) is 9.45. The number of nitrogens with one attached hydrogen (secondary N) is 1. The molecular weight excluding hydrogens is 262 g/mol. The number of rotatable bonds is 11. The zero-order valence-corrected chi connectivity index (χ0v) is 12.9. The second-order valence-electron chi connectivity index (χ2n) is 5.52. The molecule has 0 aromatic carbocycles. The lowest BCUT2D eigenvalue weighted by molar-refractivity contribution is 0.0318. The van der Waals surface area contributed by atoms with Gasteiger partial charge in [-0.3, -0.25) is 0 Å². The zero-order valence-electron chi connectivity index (χ0n) is 12.9. The van der Waals surface area contributed by atoms with Crippen LogP contribution < -0.4 is 5.32 Å². The molecule has 0 aromatic heterocycles. The number of carbonyl (C=O) groups excluding carboxylic acids is 1. The van der Waals surface area contributed by atoms with E-state index < -0.39 is 0 Å². The Morgan fingerprint density at radius 3 is 2.15 bits per heavy atom. The summed E-state index contributed by atoms with van der Waals surface area (Å²) in [7, 11) is 0. The van der Waals surface area contributed by atoms with Crippen molar-refractivity contribution in [3.63, 3.8) is 0 Å². The van der Waals surface area contributed by atoms with E-state index in [0.717, 1.165) is 19.3 Å². The van der Waals surface area contributed by atoms with Crippen molar-refractivity contribution in [1.29, 1.82) is 0 Å². The zero-order chi connectivity index (χ0) is 15.3. The Kier molecular flexibility index (Phi) is 11.4. The number of ether oxygens (including phenoxy) is 3. The van der Waals surface area contributed by atoms with Crippen LogP contribution in [0.25, 0.3) is 0 Å². The first kappa shape index (κ1) is 19.1. The summed E-state index contributed by atoms with van der Waals surface area (Å²) in [6.07, 6.45) is 2.36. The Balaban J connectivity index is 3.19. The number of amides is 1. The van der Waals surface area contributed by atoms with E-state index in [1.165, 1.54) is 0 Å². The van der Waals surface area contributed by atoms with E-state index in [1.54, 1.807) is 0 Å². The fourth-order valence-corrected chi connectivity index (χ4v) is 1.38. The topological polar surface area (TPSA) is 77.0 Å². The first-order valence-corrected chi connectivity index (χ1v) is 7.17. The molecule has 0 aromatic rings. The number of aliphatic hydroxyl groups is 1. The van der Waals surface area contributed by atoms with Crippen LogP contribution in [-0.4, -0.2) is 56.4 Å². The van der Waals surface area contributed by atoms with E-state index >= 15 is 0 Å². The molecule has 0 heterocycles. The largest absolute Gasteiger partial charge is 0.450 e. The fraction of sp³-hybridized carbons (Fsp3) is 0.929. The van der Waals surface area contributed by atoms with Crippen molar-refractivity contribution in [3.05, 3.63) is 0 Å². The van der Waals surface area contributed by atoms with Gasteiger partial charge >= 0.3 is 6.09 Å². The molecule has 120 valence electrons. The molecule has 0 rings (SSSR count). The Morgan fingerprint density at radius 1 is 0.950 bits per heavy atom. The molecule has 0 aliphatic heterocycles. The van der Waals surface area contributed by atoms with E-state index in [2.05, 4.69) is 5.32 Å². The van der Waals surface area contributed by atoms with E-state index in [9.17, 15) is 4.79 Å². The number of aliphatic hydroxyl groups excluding tert-OH is 1. The van der Waals surface area contributed by atoms with Crippen LogP contribution >= 0.6 is 0 Å². The summed E-state index contributed by atoms with van der Waals surface area (Å²) < 4.78 is 15.5. The summed E-state index contributed by atoms with van der Waals surface area (Å²) in [5.41, 5.74) is -0.261. The maximum Gasteiger partial charge on any atom is 0.407 e. The number of unbranched alkanes of at least 4 members (excludes halogenated alkanes) is 2. The molecule has 0 saturated carbocycles. The summed E-state index contributed by atoms with van der Waals surface area (Å²) in [6.45, 7) is 8.31. The van der Waals surface area contributed by atoms with Gasteiger partial charge in [-0.1, -0.05) is 0 Å². The maximum atomic E-state index is 11.3. The lowest BCUT2D eigenvalue weighted by Gasteiger charge is -2.19. The minimum Gasteiger partial charge on any atom is -0.450 e.